The zero-order valence-electron chi connectivity index (χ0n) is 18.3. The Bertz CT molecular complexity index is 1200. The topological polar surface area (TPSA) is 72.7 Å². The van der Waals surface area contributed by atoms with Gasteiger partial charge in [0.05, 0.1) is 10.9 Å². The number of aryl methyl sites for hydroxylation is 2. The summed E-state index contributed by atoms with van der Waals surface area (Å²) in [6.45, 7) is 6.04. The monoisotopic (exact) mass is 443 g/mol. The van der Waals surface area contributed by atoms with Gasteiger partial charge < -0.3 is 5.32 Å². The van der Waals surface area contributed by atoms with Gasteiger partial charge in [0.15, 0.2) is 11.0 Å². The second-order valence-corrected chi connectivity index (χ2v) is 8.77. The zero-order chi connectivity index (χ0) is 22.5. The van der Waals surface area contributed by atoms with Gasteiger partial charge in [-0.15, -0.1) is 10.2 Å². The van der Waals surface area contributed by atoms with Crippen molar-refractivity contribution in [2.24, 2.45) is 0 Å². The van der Waals surface area contributed by atoms with Crippen LogP contribution in [-0.2, 0) is 11.2 Å². The van der Waals surface area contributed by atoms with Crippen molar-refractivity contribution < 1.29 is 4.79 Å². The highest BCUT2D eigenvalue weighted by atomic mass is 32.2. The van der Waals surface area contributed by atoms with Crippen LogP contribution in [0, 0.1) is 6.92 Å². The highest BCUT2D eigenvalue weighted by molar-refractivity contribution is 8.00. The summed E-state index contributed by atoms with van der Waals surface area (Å²) in [4.78, 5) is 17.0. The largest absolute Gasteiger partial charge is 0.325 e. The van der Waals surface area contributed by atoms with Gasteiger partial charge in [-0.2, -0.15) is 0 Å². The number of para-hydroxylation sites is 1. The SMILES string of the molecule is CCc1ccc(NC(=O)C(C)Sc2nnc(-c3ccncc3)n2-c2ccccc2C)cc1. The standard InChI is InChI=1S/C25H25N5OS/c1-4-19-9-11-21(12-10-19)27-24(31)18(3)32-25-29-28-23(20-13-15-26-16-14-20)30(25)22-8-6-5-7-17(22)2/h5-16,18H,4H2,1-3H3,(H,27,31). The van der Waals surface area contributed by atoms with E-state index < -0.39 is 0 Å². The molecule has 4 aromatic rings. The van der Waals surface area contributed by atoms with Crippen LogP contribution < -0.4 is 5.32 Å². The first-order chi connectivity index (χ1) is 15.6. The molecule has 0 bridgehead atoms. The molecule has 1 amide bonds. The Morgan fingerprint density at radius 3 is 2.44 bits per heavy atom. The number of nitrogens with zero attached hydrogens (tertiary/aromatic N) is 4. The van der Waals surface area contributed by atoms with Crippen LogP contribution in [0.5, 0.6) is 0 Å². The van der Waals surface area contributed by atoms with Crippen LogP contribution in [0.4, 0.5) is 5.69 Å². The molecule has 0 aliphatic carbocycles. The number of carbonyl (C=O) groups excluding carboxylic acids is 1. The summed E-state index contributed by atoms with van der Waals surface area (Å²) in [6, 6.07) is 19.8. The van der Waals surface area contributed by atoms with Crippen molar-refractivity contribution in [3.8, 4) is 17.1 Å². The summed E-state index contributed by atoms with van der Waals surface area (Å²) in [5.74, 6) is 0.635. The Morgan fingerprint density at radius 1 is 1.03 bits per heavy atom. The minimum absolute atomic E-state index is 0.0796. The minimum Gasteiger partial charge on any atom is -0.325 e. The molecule has 162 valence electrons. The van der Waals surface area contributed by atoms with E-state index in [1.165, 1.54) is 17.3 Å². The number of hydrogen-bond donors (Lipinski definition) is 1. The van der Waals surface area contributed by atoms with Crippen molar-refractivity contribution in [2.75, 3.05) is 5.32 Å². The molecule has 6 nitrogen and oxygen atoms in total. The highest BCUT2D eigenvalue weighted by Crippen LogP contribution is 2.31. The number of anilines is 1. The van der Waals surface area contributed by atoms with Crippen molar-refractivity contribution >= 4 is 23.4 Å². The van der Waals surface area contributed by atoms with Crippen molar-refractivity contribution in [2.45, 2.75) is 37.6 Å². The van der Waals surface area contributed by atoms with Crippen LogP contribution in [0.1, 0.15) is 25.0 Å². The summed E-state index contributed by atoms with van der Waals surface area (Å²) < 4.78 is 2.01. The molecule has 32 heavy (non-hydrogen) atoms. The molecular formula is C25H25N5OS. The number of amides is 1. The molecule has 2 aromatic carbocycles. The molecule has 1 N–H and O–H groups in total. The van der Waals surface area contributed by atoms with Gasteiger partial charge in [0.1, 0.15) is 0 Å². The number of benzene rings is 2. The number of hydrogen-bond acceptors (Lipinski definition) is 5. The molecule has 0 saturated heterocycles. The molecule has 0 aliphatic heterocycles. The van der Waals surface area contributed by atoms with E-state index in [1.807, 2.05) is 66.1 Å². The average molecular weight is 444 g/mol. The average Bonchev–Trinajstić information content (AvgIpc) is 3.23. The Morgan fingerprint density at radius 2 is 1.75 bits per heavy atom. The van der Waals surface area contributed by atoms with Gasteiger partial charge in [-0.3, -0.25) is 14.3 Å². The molecule has 4 rings (SSSR count). The van der Waals surface area contributed by atoms with Crippen LogP contribution >= 0.6 is 11.8 Å². The van der Waals surface area contributed by atoms with E-state index in [0.717, 1.165) is 28.9 Å². The van der Waals surface area contributed by atoms with Crippen LogP contribution in [0.2, 0.25) is 0 Å². The third kappa shape index (κ3) is 4.73. The maximum absolute atomic E-state index is 12.9. The van der Waals surface area contributed by atoms with Gasteiger partial charge in [-0.1, -0.05) is 49.0 Å². The van der Waals surface area contributed by atoms with E-state index in [4.69, 9.17) is 0 Å². The van der Waals surface area contributed by atoms with Crippen LogP contribution in [0.25, 0.3) is 17.1 Å². The predicted octanol–water partition coefficient (Wildman–Crippen LogP) is 5.32. The quantitative estimate of drug-likeness (QED) is 0.391. The molecule has 0 saturated carbocycles. The van der Waals surface area contributed by atoms with E-state index in [1.54, 1.807) is 12.4 Å². The van der Waals surface area contributed by atoms with Gasteiger partial charge >= 0.3 is 0 Å². The lowest BCUT2D eigenvalue weighted by atomic mass is 10.1. The van der Waals surface area contributed by atoms with Crippen molar-refractivity contribution in [3.63, 3.8) is 0 Å². The zero-order valence-corrected chi connectivity index (χ0v) is 19.1. The molecule has 2 heterocycles. The van der Waals surface area contributed by atoms with E-state index >= 15 is 0 Å². The number of nitrogens with one attached hydrogen (secondary N) is 1. The van der Waals surface area contributed by atoms with Crippen LogP contribution in [0.15, 0.2) is 78.2 Å². The van der Waals surface area contributed by atoms with Gasteiger partial charge in [0, 0.05) is 23.6 Å². The lowest BCUT2D eigenvalue weighted by Crippen LogP contribution is -2.23. The van der Waals surface area contributed by atoms with Crippen molar-refractivity contribution in [1.82, 2.24) is 19.7 Å². The summed E-state index contributed by atoms with van der Waals surface area (Å²) in [7, 11) is 0. The van der Waals surface area contributed by atoms with Gasteiger partial charge in [-0.05, 0) is 61.7 Å². The first kappa shape index (κ1) is 21.8. The first-order valence-corrected chi connectivity index (χ1v) is 11.4. The Hall–Kier alpha value is -3.45. The van der Waals surface area contributed by atoms with Gasteiger partial charge in [-0.25, -0.2) is 0 Å². The number of pyridine rings is 1. The second-order valence-electron chi connectivity index (χ2n) is 7.46. The van der Waals surface area contributed by atoms with Crippen LogP contribution in [0.3, 0.4) is 0 Å². The lowest BCUT2D eigenvalue weighted by Gasteiger charge is -2.15. The number of thioether (sulfide) groups is 1. The summed E-state index contributed by atoms with van der Waals surface area (Å²) >= 11 is 1.39. The van der Waals surface area contributed by atoms with E-state index in [0.29, 0.717) is 11.0 Å². The fourth-order valence-corrected chi connectivity index (χ4v) is 4.21. The summed E-state index contributed by atoms with van der Waals surface area (Å²) in [5, 5.41) is 12.2. The maximum Gasteiger partial charge on any atom is 0.237 e. The highest BCUT2D eigenvalue weighted by Gasteiger charge is 2.22. The van der Waals surface area contributed by atoms with E-state index in [2.05, 4.69) is 40.4 Å². The van der Waals surface area contributed by atoms with E-state index in [-0.39, 0.29) is 11.2 Å². The predicted molar refractivity (Wildman–Crippen MR) is 129 cm³/mol. The number of aromatic nitrogens is 4. The molecule has 2 aromatic heterocycles. The Labute approximate surface area is 192 Å². The molecule has 0 spiro atoms. The molecule has 0 fully saturated rings. The molecule has 0 aliphatic rings. The van der Waals surface area contributed by atoms with E-state index in [9.17, 15) is 4.79 Å². The fraction of sp³-hybridized carbons (Fsp3) is 0.200. The third-order valence-electron chi connectivity index (χ3n) is 5.21. The Balaban J connectivity index is 1.62. The molecular weight excluding hydrogens is 418 g/mol. The lowest BCUT2D eigenvalue weighted by molar-refractivity contribution is -0.115. The van der Waals surface area contributed by atoms with Crippen molar-refractivity contribution in [3.05, 3.63) is 84.2 Å². The summed E-state index contributed by atoms with van der Waals surface area (Å²) in [5.41, 5.74) is 5.01. The normalized spacial score (nSPS) is 11.8. The number of rotatable bonds is 7. The minimum atomic E-state index is -0.363. The molecule has 7 heteroatoms. The third-order valence-corrected chi connectivity index (χ3v) is 6.25. The summed E-state index contributed by atoms with van der Waals surface area (Å²) in [6.07, 6.45) is 4.44. The molecule has 1 atom stereocenters. The maximum atomic E-state index is 12.9. The molecule has 1 unspecified atom stereocenters. The smallest absolute Gasteiger partial charge is 0.237 e. The van der Waals surface area contributed by atoms with Crippen LogP contribution in [-0.4, -0.2) is 30.9 Å². The van der Waals surface area contributed by atoms with Gasteiger partial charge in [0.2, 0.25) is 5.91 Å². The Kier molecular flexibility index (Phi) is 6.66. The number of carbonyl (C=O) groups is 1. The van der Waals surface area contributed by atoms with Crippen molar-refractivity contribution in [1.29, 1.82) is 0 Å². The second kappa shape index (κ2) is 9.78. The first-order valence-electron chi connectivity index (χ1n) is 10.5. The fourth-order valence-electron chi connectivity index (χ4n) is 3.35. The molecule has 0 radical (unpaired) electrons. The van der Waals surface area contributed by atoms with Gasteiger partial charge in [0.25, 0.3) is 0 Å².